The molecule has 4 unspecified atom stereocenters. The first-order chi connectivity index (χ1) is 31.1. The lowest BCUT2D eigenvalue weighted by atomic mass is 9.33. The van der Waals surface area contributed by atoms with Gasteiger partial charge in [-0.05, 0) is 148 Å². The minimum Gasteiger partial charge on any atom is -0.334 e. The van der Waals surface area contributed by atoms with E-state index in [1.165, 1.54) is 126 Å². The van der Waals surface area contributed by atoms with Crippen molar-refractivity contribution in [2.45, 2.75) is 167 Å². The number of hydrogen-bond acceptors (Lipinski definition) is 2. The standard InChI is InChI=1S/C62H68BN3/c1-56(2,3)38-23-25-49-42(31-38)43-32-40(58(7,8)9)34-48-54(43)64(49)51-35-41(65-50-26-24-39(57(4,5)6)33-46(50)59(10)28-16-17-29-61(59,65)12)36-52-53(51)63(48)47-22-18-21-45-55(47)66(52)62(13)44-20-15-14-19-37(44)27-30-60(45,62)11/h14-15,18-26,31-36H,16-17,27-30H2,1-13H3. The predicted octanol–water partition coefficient (Wildman–Crippen LogP) is 13.8. The second-order valence-electron chi connectivity index (χ2n) is 25.6. The van der Waals surface area contributed by atoms with E-state index in [1.54, 1.807) is 5.56 Å². The zero-order valence-electron chi connectivity index (χ0n) is 42.0. The quantitative estimate of drug-likeness (QED) is 0.152. The highest BCUT2D eigenvalue weighted by Gasteiger charge is 2.64. The summed E-state index contributed by atoms with van der Waals surface area (Å²) in [5.74, 6) is 0. The van der Waals surface area contributed by atoms with Crippen molar-refractivity contribution in [1.82, 2.24) is 4.57 Å². The van der Waals surface area contributed by atoms with Crippen molar-refractivity contribution >= 4 is 67.7 Å². The summed E-state index contributed by atoms with van der Waals surface area (Å²) in [5.41, 5.74) is 23.9. The van der Waals surface area contributed by atoms with E-state index in [0.717, 1.165) is 12.8 Å². The van der Waals surface area contributed by atoms with Crippen LogP contribution in [0.3, 0.4) is 0 Å². The Hall–Kier alpha value is -5.22. The van der Waals surface area contributed by atoms with E-state index >= 15 is 0 Å². The second-order valence-corrected chi connectivity index (χ2v) is 25.6. The molecule has 13 rings (SSSR count). The summed E-state index contributed by atoms with van der Waals surface area (Å²) in [6.45, 7) is 32.0. The molecule has 1 saturated carbocycles. The normalized spacial score (nSPS) is 25.7. The van der Waals surface area contributed by atoms with E-state index < -0.39 is 0 Å². The molecule has 66 heavy (non-hydrogen) atoms. The summed E-state index contributed by atoms with van der Waals surface area (Å²) in [4.78, 5) is 5.78. The number of benzene rings is 6. The molecule has 1 fully saturated rings. The number of para-hydroxylation sites is 1. The lowest BCUT2D eigenvalue weighted by Gasteiger charge is -2.53. The topological polar surface area (TPSA) is 11.4 Å². The Morgan fingerprint density at radius 3 is 1.94 bits per heavy atom. The third-order valence-corrected chi connectivity index (χ3v) is 19.2. The van der Waals surface area contributed by atoms with Crippen LogP contribution in [0.25, 0.3) is 27.5 Å². The molecule has 2 aliphatic carbocycles. The SMILES string of the molecule is CC(C)(C)c1ccc2c(c1)C1(C)CCCCC1(C)N2c1cc2c3c(c1)-n1c4ccc(C(C)(C)C)cc4c4cc(C(C)(C)C)cc(c41)B3c1cccc3c1N2C1(C)c2ccccc2CCC31C. The van der Waals surface area contributed by atoms with Gasteiger partial charge in [0, 0.05) is 55.6 Å². The fourth-order valence-corrected chi connectivity index (χ4v) is 15.0. The van der Waals surface area contributed by atoms with Gasteiger partial charge in [-0.1, -0.05) is 156 Å². The molecule has 0 saturated heterocycles. The van der Waals surface area contributed by atoms with E-state index in [-0.39, 0.29) is 44.9 Å². The molecule has 7 aromatic rings. The maximum Gasteiger partial charge on any atom is 0.252 e. The fraction of sp³-hybridized carbons (Fsp3) is 0.419. The smallest absolute Gasteiger partial charge is 0.252 e. The average molecular weight is 866 g/mol. The van der Waals surface area contributed by atoms with Crippen molar-refractivity contribution in [2.75, 3.05) is 9.80 Å². The van der Waals surface area contributed by atoms with Crippen molar-refractivity contribution < 1.29 is 0 Å². The molecule has 5 heterocycles. The third-order valence-electron chi connectivity index (χ3n) is 19.2. The van der Waals surface area contributed by atoms with Crippen molar-refractivity contribution in [3.63, 3.8) is 0 Å². The average Bonchev–Trinajstić information content (AvgIpc) is 3.79. The van der Waals surface area contributed by atoms with Crippen molar-refractivity contribution in [3.05, 3.63) is 142 Å². The molecule has 0 N–H and O–H groups in total. The van der Waals surface area contributed by atoms with Gasteiger partial charge < -0.3 is 14.4 Å². The Kier molecular flexibility index (Phi) is 7.74. The largest absolute Gasteiger partial charge is 0.334 e. The molecule has 4 heteroatoms. The molecule has 1 aromatic heterocycles. The summed E-state index contributed by atoms with van der Waals surface area (Å²) in [6, 6.07) is 42.4. The Labute approximate surface area is 394 Å². The number of aryl methyl sites for hydroxylation is 1. The molecular weight excluding hydrogens is 798 g/mol. The van der Waals surface area contributed by atoms with Gasteiger partial charge in [0.2, 0.25) is 0 Å². The van der Waals surface area contributed by atoms with Crippen molar-refractivity contribution in [2.24, 2.45) is 0 Å². The molecule has 6 aromatic carbocycles. The molecule has 0 spiro atoms. The molecule has 0 radical (unpaired) electrons. The number of fused-ring (bicyclic) bond motifs is 15. The minimum absolute atomic E-state index is 0.0184. The van der Waals surface area contributed by atoms with Gasteiger partial charge in [0.15, 0.2) is 0 Å². The Morgan fingerprint density at radius 2 is 1.18 bits per heavy atom. The van der Waals surface area contributed by atoms with Crippen LogP contribution < -0.4 is 26.2 Å². The molecule has 0 bridgehead atoms. The number of nitrogens with zero attached hydrogens (tertiary/aromatic N) is 3. The highest BCUT2D eigenvalue weighted by Crippen LogP contribution is 2.66. The van der Waals surface area contributed by atoms with E-state index in [0.29, 0.717) is 0 Å². The highest BCUT2D eigenvalue weighted by atomic mass is 15.3. The number of anilines is 4. The van der Waals surface area contributed by atoms with Gasteiger partial charge in [0.1, 0.15) is 0 Å². The first-order valence-electron chi connectivity index (χ1n) is 25.4. The Bertz CT molecular complexity index is 3310. The van der Waals surface area contributed by atoms with Crippen LogP contribution in [-0.4, -0.2) is 16.8 Å². The van der Waals surface area contributed by atoms with Gasteiger partial charge >= 0.3 is 0 Å². The monoisotopic (exact) mass is 866 g/mol. The van der Waals surface area contributed by atoms with Crippen LogP contribution in [0.2, 0.25) is 0 Å². The summed E-state index contributed by atoms with van der Waals surface area (Å²) >= 11 is 0. The molecule has 0 amide bonds. The van der Waals surface area contributed by atoms with Gasteiger partial charge in [0.25, 0.3) is 6.71 Å². The van der Waals surface area contributed by atoms with Crippen LogP contribution in [0.4, 0.5) is 22.7 Å². The zero-order chi connectivity index (χ0) is 46.0. The van der Waals surface area contributed by atoms with Gasteiger partial charge in [-0.3, -0.25) is 0 Å². The summed E-state index contributed by atoms with van der Waals surface area (Å²) in [5, 5.41) is 2.76. The molecule has 334 valence electrons. The van der Waals surface area contributed by atoms with Crippen LogP contribution >= 0.6 is 0 Å². The van der Waals surface area contributed by atoms with Crippen LogP contribution in [0, 0.1) is 0 Å². The maximum atomic E-state index is 2.91. The second kappa shape index (κ2) is 12.5. The number of aromatic nitrogens is 1. The van der Waals surface area contributed by atoms with Gasteiger partial charge in [-0.25, -0.2) is 0 Å². The third kappa shape index (κ3) is 4.77. The van der Waals surface area contributed by atoms with E-state index in [1.807, 2.05) is 0 Å². The van der Waals surface area contributed by atoms with Crippen LogP contribution in [-0.2, 0) is 39.0 Å². The summed E-state index contributed by atoms with van der Waals surface area (Å²) in [6.07, 6.45) is 7.12. The van der Waals surface area contributed by atoms with Crippen molar-refractivity contribution in [1.29, 1.82) is 0 Å². The van der Waals surface area contributed by atoms with Crippen LogP contribution in [0.15, 0.2) is 103 Å². The highest BCUT2D eigenvalue weighted by molar-refractivity contribution is 7.00. The number of hydrogen-bond donors (Lipinski definition) is 0. The molecule has 6 aliphatic rings. The zero-order valence-corrected chi connectivity index (χ0v) is 42.0. The maximum absolute atomic E-state index is 2.91. The molecule has 4 atom stereocenters. The number of rotatable bonds is 1. The summed E-state index contributed by atoms with van der Waals surface area (Å²) < 4.78 is 2.74. The lowest BCUT2D eigenvalue weighted by molar-refractivity contribution is 0.194. The van der Waals surface area contributed by atoms with Gasteiger partial charge in [-0.2, -0.15) is 0 Å². The van der Waals surface area contributed by atoms with Crippen molar-refractivity contribution in [3.8, 4) is 5.69 Å². The van der Waals surface area contributed by atoms with E-state index in [2.05, 4.69) is 208 Å². The predicted molar refractivity (Wildman–Crippen MR) is 282 cm³/mol. The molecule has 3 nitrogen and oxygen atoms in total. The lowest BCUT2D eigenvalue weighted by Crippen LogP contribution is -2.63. The van der Waals surface area contributed by atoms with Gasteiger partial charge in [-0.15, -0.1) is 0 Å². The van der Waals surface area contributed by atoms with E-state index in [4.69, 9.17) is 0 Å². The van der Waals surface area contributed by atoms with Crippen LogP contribution in [0.5, 0.6) is 0 Å². The Balaban J connectivity index is 1.20. The Morgan fingerprint density at radius 1 is 0.515 bits per heavy atom. The minimum atomic E-state index is -0.297. The first-order valence-corrected chi connectivity index (χ1v) is 25.4. The van der Waals surface area contributed by atoms with Gasteiger partial charge in [0.05, 0.1) is 16.6 Å². The van der Waals surface area contributed by atoms with Crippen LogP contribution in [0.1, 0.15) is 161 Å². The van der Waals surface area contributed by atoms with E-state index in [9.17, 15) is 0 Å². The molecular formula is C62H68BN3. The first kappa shape index (κ1) is 41.0. The fourth-order valence-electron chi connectivity index (χ4n) is 15.0. The summed E-state index contributed by atoms with van der Waals surface area (Å²) in [7, 11) is 0. The molecule has 4 aliphatic heterocycles.